The molecule has 1 rings (SSSR count). The van der Waals surface area contributed by atoms with Crippen LogP contribution in [0.25, 0.3) is 0 Å². The molecule has 4 nitrogen and oxygen atoms in total. The largest absolute Gasteiger partial charge is 0.384 e. The van der Waals surface area contributed by atoms with Crippen LogP contribution < -0.4 is 10.6 Å². The van der Waals surface area contributed by atoms with Gasteiger partial charge < -0.3 is 15.5 Å². The lowest BCUT2D eigenvalue weighted by molar-refractivity contribution is -0.120. The fourth-order valence-electron chi connectivity index (χ4n) is 1.58. The van der Waals surface area contributed by atoms with E-state index in [1.807, 2.05) is 38.1 Å². The summed E-state index contributed by atoms with van der Waals surface area (Å²) in [6.07, 6.45) is 0.480. The van der Waals surface area contributed by atoms with E-state index in [9.17, 15) is 4.79 Å². The standard InChI is InChI=1S/C14H22BrN3O/c1-11-4-5-13(12(15)10-11)16-7-6-14(19)17-8-9-18(2)3/h4-5,10,16H,6-9H2,1-3H3,(H,17,19). The van der Waals surface area contributed by atoms with Gasteiger partial charge in [-0.1, -0.05) is 6.07 Å². The predicted molar refractivity (Wildman–Crippen MR) is 83.5 cm³/mol. The average molecular weight is 328 g/mol. The van der Waals surface area contributed by atoms with Gasteiger partial charge in [0, 0.05) is 36.2 Å². The van der Waals surface area contributed by atoms with E-state index in [0.29, 0.717) is 19.5 Å². The number of halogens is 1. The summed E-state index contributed by atoms with van der Waals surface area (Å²) in [7, 11) is 3.98. The molecular formula is C14H22BrN3O. The Kier molecular flexibility index (Phi) is 6.87. The highest BCUT2D eigenvalue weighted by Gasteiger charge is 2.03. The lowest BCUT2D eigenvalue weighted by atomic mass is 10.2. The first-order chi connectivity index (χ1) is 8.99. The monoisotopic (exact) mass is 327 g/mol. The summed E-state index contributed by atoms with van der Waals surface area (Å²) in [4.78, 5) is 13.6. The topological polar surface area (TPSA) is 44.4 Å². The Morgan fingerprint density at radius 2 is 2.05 bits per heavy atom. The molecule has 19 heavy (non-hydrogen) atoms. The van der Waals surface area contributed by atoms with Crippen molar-refractivity contribution in [1.82, 2.24) is 10.2 Å². The summed E-state index contributed by atoms with van der Waals surface area (Å²) in [5, 5.41) is 6.14. The molecule has 0 heterocycles. The molecule has 2 N–H and O–H groups in total. The molecule has 0 unspecified atom stereocenters. The Bertz CT molecular complexity index is 421. The Morgan fingerprint density at radius 1 is 1.32 bits per heavy atom. The van der Waals surface area contributed by atoms with E-state index in [4.69, 9.17) is 0 Å². The van der Waals surface area contributed by atoms with Crippen LogP contribution in [0.4, 0.5) is 5.69 Å². The van der Waals surface area contributed by atoms with Crippen molar-refractivity contribution >= 4 is 27.5 Å². The van der Waals surface area contributed by atoms with Crippen LogP contribution in [0.5, 0.6) is 0 Å². The molecule has 0 aliphatic heterocycles. The number of benzene rings is 1. The van der Waals surface area contributed by atoms with Crippen LogP contribution in [0, 0.1) is 6.92 Å². The molecule has 0 saturated heterocycles. The number of nitrogens with one attached hydrogen (secondary N) is 2. The van der Waals surface area contributed by atoms with Crippen molar-refractivity contribution in [3.8, 4) is 0 Å². The van der Waals surface area contributed by atoms with Gasteiger partial charge in [0.15, 0.2) is 0 Å². The van der Waals surface area contributed by atoms with Crippen molar-refractivity contribution in [2.75, 3.05) is 39.0 Å². The van der Waals surface area contributed by atoms with Crippen LogP contribution in [-0.4, -0.2) is 44.5 Å². The first kappa shape index (κ1) is 16.0. The van der Waals surface area contributed by atoms with Crippen molar-refractivity contribution in [1.29, 1.82) is 0 Å². The van der Waals surface area contributed by atoms with E-state index >= 15 is 0 Å². The molecule has 0 aromatic heterocycles. The fraction of sp³-hybridized carbons (Fsp3) is 0.500. The minimum Gasteiger partial charge on any atom is -0.384 e. The van der Waals surface area contributed by atoms with Gasteiger partial charge in [-0.3, -0.25) is 4.79 Å². The number of likely N-dealkylation sites (N-methyl/N-ethyl adjacent to an activating group) is 1. The molecule has 0 aliphatic rings. The Morgan fingerprint density at radius 3 is 2.68 bits per heavy atom. The number of rotatable bonds is 7. The molecule has 0 fully saturated rings. The maximum Gasteiger partial charge on any atom is 0.221 e. The molecule has 0 spiro atoms. The molecule has 1 aromatic rings. The maximum atomic E-state index is 11.6. The number of carbonyl (C=O) groups is 1. The molecule has 1 aromatic carbocycles. The third kappa shape index (κ3) is 6.59. The molecule has 0 saturated carbocycles. The van der Waals surface area contributed by atoms with Gasteiger partial charge in [0.05, 0.1) is 0 Å². The molecule has 0 atom stereocenters. The van der Waals surface area contributed by atoms with E-state index in [-0.39, 0.29) is 5.91 Å². The SMILES string of the molecule is Cc1ccc(NCCC(=O)NCCN(C)C)c(Br)c1. The second-order valence-corrected chi connectivity index (χ2v) is 5.67. The van der Waals surface area contributed by atoms with Gasteiger partial charge in [-0.25, -0.2) is 0 Å². The normalized spacial score (nSPS) is 10.6. The average Bonchev–Trinajstić information content (AvgIpc) is 2.31. The number of hydrogen-bond donors (Lipinski definition) is 2. The van der Waals surface area contributed by atoms with Gasteiger partial charge in [-0.2, -0.15) is 0 Å². The number of nitrogens with zero attached hydrogens (tertiary/aromatic N) is 1. The zero-order valence-electron chi connectivity index (χ0n) is 11.8. The van der Waals surface area contributed by atoms with Gasteiger partial charge in [0.1, 0.15) is 0 Å². The van der Waals surface area contributed by atoms with E-state index < -0.39 is 0 Å². The highest BCUT2D eigenvalue weighted by molar-refractivity contribution is 9.10. The van der Waals surface area contributed by atoms with Crippen molar-refractivity contribution in [3.63, 3.8) is 0 Å². The van der Waals surface area contributed by atoms with Crippen molar-refractivity contribution in [3.05, 3.63) is 28.2 Å². The van der Waals surface area contributed by atoms with Crippen LogP contribution in [0.1, 0.15) is 12.0 Å². The first-order valence-corrected chi connectivity index (χ1v) is 7.20. The molecule has 0 aliphatic carbocycles. The zero-order valence-corrected chi connectivity index (χ0v) is 13.4. The second kappa shape index (κ2) is 8.17. The number of anilines is 1. The number of hydrogen-bond acceptors (Lipinski definition) is 3. The lowest BCUT2D eigenvalue weighted by Crippen LogP contribution is -2.32. The maximum absolute atomic E-state index is 11.6. The summed E-state index contributed by atoms with van der Waals surface area (Å²) in [5.74, 6) is 0.0811. The Labute approximate surface area is 123 Å². The summed E-state index contributed by atoms with van der Waals surface area (Å²) in [6.45, 7) is 4.24. The molecule has 5 heteroatoms. The van der Waals surface area contributed by atoms with Gasteiger partial charge in [0.25, 0.3) is 0 Å². The van der Waals surface area contributed by atoms with E-state index in [1.54, 1.807) is 0 Å². The third-order valence-corrected chi connectivity index (χ3v) is 3.33. The quantitative estimate of drug-likeness (QED) is 0.807. The van der Waals surface area contributed by atoms with Crippen LogP contribution in [0.15, 0.2) is 22.7 Å². The number of amides is 1. The minimum atomic E-state index is 0.0811. The van der Waals surface area contributed by atoms with Gasteiger partial charge in [0.2, 0.25) is 5.91 Å². The van der Waals surface area contributed by atoms with Gasteiger partial charge >= 0.3 is 0 Å². The highest BCUT2D eigenvalue weighted by Crippen LogP contribution is 2.23. The number of aryl methyl sites for hydroxylation is 1. The summed E-state index contributed by atoms with van der Waals surface area (Å²) >= 11 is 3.50. The van der Waals surface area contributed by atoms with Crippen molar-refractivity contribution in [2.24, 2.45) is 0 Å². The van der Waals surface area contributed by atoms with Crippen LogP contribution in [0.2, 0.25) is 0 Å². The van der Waals surface area contributed by atoms with Gasteiger partial charge in [-0.05, 0) is 54.6 Å². The summed E-state index contributed by atoms with van der Waals surface area (Å²) in [5.41, 5.74) is 2.23. The minimum absolute atomic E-state index is 0.0811. The van der Waals surface area contributed by atoms with Gasteiger partial charge in [-0.15, -0.1) is 0 Å². The molecule has 1 amide bonds. The predicted octanol–water partition coefficient (Wildman–Crippen LogP) is 2.24. The van der Waals surface area contributed by atoms with E-state index in [1.165, 1.54) is 5.56 Å². The Balaban J connectivity index is 2.24. The first-order valence-electron chi connectivity index (χ1n) is 6.40. The molecular weight excluding hydrogens is 306 g/mol. The van der Waals surface area contributed by atoms with Crippen LogP contribution in [0.3, 0.4) is 0 Å². The zero-order chi connectivity index (χ0) is 14.3. The number of carbonyl (C=O) groups excluding carboxylic acids is 1. The van der Waals surface area contributed by atoms with Crippen LogP contribution >= 0.6 is 15.9 Å². The summed E-state index contributed by atoms with van der Waals surface area (Å²) < 4.78 is 1.03. The van der Waals surface area contributed by atoms with E-state index in [0.717, 1.165) is 16.7 Å². The molecule has 106 valence electrons. The van der Waals surface area contributed by atoms with E-state index in [2.05, 4.69) is 32.6 Å². The molecule has 0 bridgehead atoms. The summed E-state index contributed by atoms with van der Waals surface area (Å²) in [6, 6.07) is 6.12. The third-order valence-electron chi connectivity index (χ3n) is 2.67. The fourth-order valence-corrected chi connectivity index (χ4v) is 2.21. The molecule has 0 radical (unpaired) electrons. The van der Waals surface area contributed by atoms with Crippen molar-refractivity contribution in [2.45, 2.75) is 13.3 Å². The smallest absolute Gasteiger partial charge is 0.221 e. The second-order valence-electron chi connectivity index (χ2n) is 4.81. The lowest BCUT2D eigenvalue weighted by Gasteiger charge is -2.11. The van der Waals surface area contributed by atoms with Crippen molar-refractivity contribution < 1.29 is 4.79 Å². The van der Waals surface area contributed by atoms with Crippen LogP contribution in [-0.2, 0) is 4.79 Å². The Hall–Kier alpha value is -1.07. The highest BCUT2D eigenvalue weighted by atomic mass is 79.9.